The van der Waals surface area contributed by atoms with Gasteiger partial charge in [0.25, 0.3) is 0 Å². The molecule has 0 radical (unpaired) electrons. The van der Waals surface area contributed by atoms with Gasteiger partial charge in [-0.3, -0.25) is 4.79 Å². The zero-order chi connectivity index (χ0) is 12.3. The molecule has 0 fully saturated rings. The van der Waals surface area contributed by atoms with Gasteiger partial charge < -0.3 is 10.8 Å². The highest BCUT2D eigenvalue weighted by Crippen LogP contribution is 2.29. The van der Waals surface area contributed by atoms with Crippen LogP contribution >= 0.6 is 15.9 Å². The van der Waals surface area contributed by atoms with Gasteiger partial charge in [-0.25, -0.2) is 0 Å². The fraction of sp³-hybridized carbons (Fsp3) is 0.417. The molecule has 0 aromatic heterocycles. The molecule has 16 heavy (non-hydrogen) atoms. The topological polar surface area (TPSA) is 63.3 Å². The Morgan fingerprint density at radius 1 is 1.56 bits per heavy atom. The van der Waals surface area contributed by atoms with Gasteiger partial charge in [0.05, 0.1) is 0 Å². The number of hydrogen-bond acceptors (Lipinski definition) is 2. The van der Waals surface area contributed by atoms with Crippen LogP contribution in [-0.2, 0) is 10.2 Å². The van der Waals surface area contributed by atoms with Crippen molar-refractivity contribution >= 4 is 21.9 Å². The molecule has 0 heterocycles. The van der Waals surface area contributed by atoms with Crippen molar-refractivity contribution in [3.8, 4) is 0 Å². The average molecular weight is 286 g/mol. The predicted octanol–water partition coefficient (Wildman–Crippen LogP) is 2.53. The van der Waals surface area contributed by atoms with Crippen molar-refractivity contribution in [1.29, 1.82) is 0 Å². The number of aliphatic carboxylic acids is 1. The van der Waals surface area contributed by atoms with Crippen LogP contribution in [-0.4, -0.2) is 17.1 Å². The fourth-order valence-electron chi connectivity index (χ4n) is 1.66. The summed E-state index contributed by atoms with van der Waals surface area (Å²) in [6, 6.07) is 7.03. The Labute approximate surface area is 104 Å². The van der Waals surface area contributed by atoms with Crippen molar-refractivity contribution in [3.63, 3.8) is 0 Å². The van der Waals surface area contributed by atoms with Crippen LogP contribution in [0, 0.1) is 0 Å². The maximum atomic E-state index is 10.7. The van der Waals surface area contributed by atoms with Gasteiger partial charge >= 0.3 is 5.97 Å². The largest absolute Gasteiger partial charge is 0.480 e. The lowest BCUT2D eigenvalue weighted by Crippen LogP contribution is -2.36. The molecule has 1 atom stereocenters. The van der Waals surface area contributed by atoms with E-state index in [-0.39, 0.29) is 5.41 Å². The Morgan fingerprint density at radius 2 is 2.19 bits per heavy atom. The number of halogens is 1. The van der Waals surface area contributed by atoms with Gasteiger partial charge in [0, 0.05) is 4.47 Å². The molecule has 3 nitrogen and oxygen atoms in total. The van der Waals surface area contributed by atoms with E-state index in [2.05, 4.69) is 15.9 Å². The minimum atomic E-state index is -0.955. The molecule has 1 unspecified atom stereocenters. The van der Waals surface area contributed by atoms with Gasteiger partial charge in [-0.15, -0.1) is 0 Å². The van der Waals surface area contributed by atoms with Gasteiger partial charge in [0.2, 0.25) is 0 Å². The van der Waals surface area contributed by atoms with Crippen molar-refractivity contribution in [2.24, 2.45) is 5.73 Å². The van der Waals surface area contributed by atoms with Gasteiger partial charge in [0.15, 0.2) is 0 Å². The number of carboxylic acids is 1. The van der Waals surface area contributed by atoms with E-state index in [4.69, 9.17) is 10.8 Å². The van der Waals surface area contributed by atoms with Crippen molar-refractivity contribution < 1.29 is 9.90 Å². The Balaban J connectivity index is 2.89. The number of rotatable bonds is 4. The van der Waals surface area contributed by atoms with Crippen LogP contribution in [0.1, 0.15) is 25.8 Å². The minimum Gasteiger partial charge on any atom is -0.480 e. The number of nitrogens with two attached hydrogens (primary N) is 1. The second-order valence-corrected chi connectivity index (χ2v) is 5.46. The highest BCUT2D eigenvalue weighted by atomic mass is 79.9. The van der Waals surface area contributed by atoms with E-state index >= 15 is 0 Å². The van der Waals surface area contributed by atoms with Crippen molar-refractivity contribution in [1.82, 2.24) is 0 Å². The van der Waals surface area contributed by atoms with E-state index < -0.39 is 12.0 Å². The summed E-state index contributed by atoms with van der Waals surface area (Å²) in [7, 11) is 0. The molecule has 0 bridgehead atoms. The van der Waals surface area contributed by atoms with Crippen molar-refractivity contribution in [3.05, 3.63) is 34.3 Å². The first-order valence-electron chi connectivity index (χ1n) is 5.07. The van der Waals surface area contributed by atoms with Crippen LogP contribution < -0.4 is 5.73 Å². The third-order valence-corrected chi connectivity index (χ3v) is 3.15. The Morgan fingerprint density at radius 3 is 2.69 bits per heavy atom. The zero-order valence-corrected chi connectivity index (χ0v) is 11.0. The van der Waals surface area contributed by atoms with Crippen molar-refractivity contribution in [2.75, 3.05) is 0 Å². The highest BCUT2D eigenvalue weighted by molar-refractivity contribution is 9.10. The van der Waals surface area contributed by atoms with E-state index in [0.29, 0.717) is 6.42 Å². The average Bonchev–Trinajstić information content (AvgIpc) is 2.17. The molecule has 1 aromatic carbocycles. The molecule has 1 aromatic rings. The molecule has 88 valence electrons. The molecule has 1 rings (SSSR count). The molecule has 3 N–H and O–H groups in total. The molecular weight excluding hydrogens is 270 g/mol. The van der Waals surface area contributed by atoms with E-state index in [9.17, 15) is 4.79 Å². The molecule has 0 saturated heterocycles. The van der Waals surface area contributed by atoms with Gasteiger partial charge in [-0.1, -0.05) is 41.9 Å². The number of benzene rings is 1. The van der Waals surface area contributed by atoms with Crippen LogP contribution in [0.25, 0.3) is 0 Å². The molecule has 0 aliphatic heterocycles. The van der Waals surface area contributed by atoms with E-state index in [1.54, 1.807) is 0 Å². The maximum absolute atomic E-state index is 10.7. The summed E-state index contributed by atoms with van der Waals surface area (Å²) in [6.07, 6.45) is 0.415. The lowest BCUT2D eigenvalue weighted by Gasteiger charge is -2.27. The molecule has 0 saturated carbocycles. The normalized spacial score (nSPS) is 13.5. The molecule has 0 amide bonds. The first-order valence-corrected chi connectivity index (χ1v) is 5.86. The summed E-state index contributed by atoms with van der Waals surface area (Å²) in [5.74, 6) is -0.955. The highest BCUT2D eigenvalue weighted by Gasteiger charge is 2.26. The second kappa shape index (κ2) is 4.97. The van der Waals surface area contributed by atoms with Gasteiger partial charge in [-0.2, -0.15) is 0 Å². The number of carbonyl (C=O) groups is 1. The van der Waals surface area contributed by atoms with E-state index in [0.717, 1.165) is 10.0 Å². The van der Waals surface area contributed by atoms with Gasteiger partial charge in [0.1, 0.15) is 6.04 Å². The smallest absolute Gasteiger partial charge is 0.320 e. The van der Waals surface area contributed by atoms with Gasteiger partial charge in [-0.05, 0) is 29.5 Å². The summed E-state index contributed by atoms with van der Waals surface area (Å²) < 4.78 is 0.988. The quantitative estimate of drug-likeness (QED) is 0.894. The number of carboxylic acid groups (broad SMARTS) is 1. The minimum absolute atomic E-state index is 0.248. The van der Waals surface area contributed by atoms with Crippen molar-refractivity contribution in [2.45, 2.75) is 31.7 Å². The fourth-order valence-corrected chi connectivity index (χ4v) is 2.06. The first kappa shape index (κ1) is 13.2. The molecule has 0 aliphatic rings. The van der Waals surface area contributed by atoms with Crippen LogP contribution in [0.3, 0.4) is 0 Å². The molecule has 4 heteroatoms. The molecular formula is C12H16BrNO2. The first-order chi connectivity index (χ1) is 7.33. The van der Waals surface area contributed by atoms with E-state index in [1.807, 2.05) is 38.1 Å². The van der Waals surface area contributed by atoms with Crippen LogP contribution in [0.5, 0.6) is 0 Å². The third kappa shape index (κ3) is 3.32. The Hall–Kier alpha value is -0.870. The van der Waals surface area contributed by atoms with Crippen LogP contribution in [0.4, 0.5) is 0 Å². The monoisotopic (exact) mass is 285 g/mol. The summed E-state index contributed by atoms with van der Waals surface area (Å²) in [4.78, 5) is 10.7. The number of hydrogen-bond donors (Lipinski definition) is 2. The summed E-state index contributed by atoms with van der Waals surface area (Å²) >= 11 is 3.40. The molecule has 0 spiro atoms. The maximum Gasteiger partial charge on any atom is 0.320 e. The molecule has 0 aliphatic carbocycles. The third-order valence-electron chi connectivity index (χ3n) is 2.65. The SMILES string of the molecule is CC(C)(CC(N)C(=O)O)c1cccc(Br)c1. The Bertz CT molecular complexity index is 390. The summed E-state index contributed by atoms with van der Waals surface area (Å²) in [6.45, 7) is 4.00. The standard InChI is InChI=1S/C12H16BrNO2/c1-12(2,7-10(14)11(15)16)8-4-3-5-9(13)6-8/h3-6,10H,7,14H2,1-2H3,(H,15,16). The zero-order valence-electron chi connectivity index (χ0n) is 9.40. The summed E-state index contributed by atoms with van der Waals surface area (Å²) in [5.41, 5.74) is 6.40. The second-order valence-electron chi connectivity index (χ2n) is 4.54. The lowest BCUT2D eigenvalue weighted by molar-refractivity contribution is -0.139. The predicted molar refractivity (Wildman–Crippen MR) is 67.4 cm³/mol. The van der Waals surface area contributed by atoms with E-state index in [1.165, 1.54) is 0 Å². The summed E-state index contributed by atoms with van der Waals surface area (Å²) in [5, 5.41) is 8.81. The van der Waals surface area contributed by atoms with Crippen LogP contribution in [0.2, 0.25) is 0 Å². The lowest BCUT2D eigenvalue weighted by atomic mass is 9.79. The van der Waals surface area contributed by atoms with Crippen LogP contribution in [0.15, 0.2) is 28.7 Å². The Kier molecular flexibility index (Phi) is 4.10.